The van der Waals surface area contributed by atoms with Gasteiger partial charge >= 0.3 is 0 Å². The fourth-order valence-electron chi connectivity index (χ4n) is 2.76. The van der Waals surface area contributed by atoms with Crippen LogP contribution in [-0.2, 0) is 0 Å². The van der Waals surface area contributed by atoms with Crippen molar-refractivity contribution in [1.82, 2.24) is 0 Å². The van der Waals surface area contributed by atoms with Crippen LogP contribution in [0.25, 0.3) is 0 Å². The summed E-state index contributed by atoms with van der Waals surface area (Å²) in [5.41, 5.74) is 8.66. The number of aryl methyl sites for hydroxylation is 1. The average Bonchev–Trinajstić information content (AvgIpc) is 2.38. The molecule has 0 aromatic heterocycles. The van der Waals surface area contributed by atoms with Crippen LogP contribution in [0.1, 0.15) is 30.9 Å². The van der Waals surface area contributed by atoms with Crippen molar-refractivity contribution in [2.75, 3.05) is 18.0 Å². The summed E-state index contributed by atoms with van der Waals surface area (Å²) in [5.74, 6) is 0.513. The maximum absolute atomic E-state index is 9.64. The van der Waals surface area contributed by atoms with Crippen LogP contribution in [0.2, 0.25) is 0 Å². The molecule has 0 spiro atoms. The standard InChI is InChI=1S/C15H23N3O/c1-10-3-4-14(13(9-10)15(16)17)18-7-5-12(6-8-18)11(2)19/h3-4,9,11-12,19H,5-8H2,1-2H3,(H3,16,17). The number of benzene rings is 1. The average molecular weight is 261 g/mol. The fourth-order valence-corrected chi connectivity index (χ4v) is 2.76. The highest BCUT2D eigenvalue weighted by molar-refractivity contribution is 6.00. The first-order chi connectivity index (χ1) is 8.99. The van der Waals surface area contributed by atoms with Crippen molar-refractivity contribution >= 4 is 11.5 Å². The molecule has 0 aliphatic carbocycles. The van der Waals surface area contributed by atoms with Gasteiger partial charge in [-0.3, -0.25) is 5.41 Å². The number of aliphatic hydroxyl groups is 1. The Morgan fingerprint density at radius 3 is 2.58 bits per heavy atom. The topological polar surface area (TPSA) is 73.3 Å². The van der Waals surface area contributed by atoms with Crippen molar-refractivity contribution < 1.29 is 5.11 Å². The number of aliphatic hydroxyl groups excluding tert-OH is 1. The minimum Gasteiger partial charge on any atom is -0.393 e. The van der Waals surface area contributed by atoms with E-state index in [0.717, 1.165) is 42.7 Å². The van der Waals surface area contributed by atoms with E-state index in [-0.39, 0.29) is 11.9 Å². The minimum absolute atomic E-state index is 0.122. The molecule has 104 valence electrons. The molecule has 1 fully saturated rings. The van der Waals surface area contributed by atoms with Gasteiger partial charge in [-0.05, 0) is 44.7 Å². The van der Waals surface area contributed by atoms with Gasteiger partial charge in [-0.1, -0.05) is 11.6 Å². The quantitative estimate of drug-likeness (QED) is 0.574. The van der Waals surface area contributed by atoms with Gasteiger partial charge in [-0.2, -0.15) is 0 Å². The summed E-state index contributed by atoms with van der Waals surface area (Å²) in [6.45, 7) is 5.71. The van der Waals surface area contributed by atoms with Crippen LogP contribution in [0.15, 0.2) is 18.2 Å². The number of hydrogen-bond donors (Lipinski definition) is 3. The van der Waals surface area contributed by atoms with Crippen LogP contribution >= 0.6 is 0 Å². The lowest BCUT2D eigenvalue weighted by molar-refractivity contribution is 0.110. The van der Waals surface area contributed by atoms with E-state index in [2.05, 4.69) is 17.0 Å². The summed E-state index contributed by atoms with van der Waals surface area (Å²) in [4.78, 5) is 2.27. The SMILES string of the molecule is Cc1ccc(N2CCC(C(C)O)CC2)c(C(=N)N)c1. The van der Waals surface area contributed by atoms with Crippen molar-refractivity contribution in [1.29, 1.82) is 5.41 Å². The predicted molar refractivity (Wildman–Crippen MR) is 78.8 cm³/mol. The third-order valence-corrected chi connectivity index (χ3v) is 4.00. The molecule has 0 bridgehead atoms. The molecule has 1 aromatic rings. The number of hydrogen-bond acceptors (Lipinski definition) is 3. The Bertz CT molecular complexity index is 462. The summed E-state index contributed by atoms with van der Waals surface area (Å²) >= 11 is 0. The molecular weight excluding hydrogens is 238 g/mol. The molecule has 1 atom stereocenters. The van der Waals surface area contributed by atoms with Gasteiger partial charge in [0.1, 0.15) is 5.84 Å². The largest absolute Gasteiger partial charge is 0.393 e. The molecule has 0 radical (unpaired) electrons. The molecule has 1 aliphatic rings. The highest BCUT2D eigenvalue weighted by atomic mass is 16.3. The normalized spacial score (nSPS) is 18.4. The van der Waals surface area contributed by atoms with Gasteiger partial charge < -0.3 is 15.7 Å². The van der Waals surface area contributed by atoms with Crippen LogP contribution in [0.3, 0.4) is 0 Å². The van der Waals surface area contributed by atoms with Crippen molar-refractivity contribution in [3.63, 3.8) is 0 Å². The first-order valence-electron chi connectivity index (χ1n) is 6.87. The third-order valence-electron chi connectivity index (χ3n) is 4.00. The van der Waals surface area contributed by atoms with E-state index in [1.807, 2.05) is 19.9 Å². The maximum Gasteiger partial charge on any atom is 0.124 e. The number of amidine groups is 1. The Morgan fingerprint density at radius 1 is 1.42 bits per heavy atom. The minimum atomic E-state index is -0.229. The number of anilines is 1. The molecule has 2 rings (SSSR count). The number of piperidine rings is 1. The maximum atomic E-state index is 9.64. The van der Waals surface area contributed by atoms with Crippen molar-refractivity contribution in [2.24, 2.45) is 11.7 Å². The van der Waals surface area contributed by atoms with Crippen molar-refractivity contribution in [3.8, 4) is 0 Å². The molecule has 0 saturated carbocycles. The van der Waals surface area contributed by atoms with Crippen LogP contribution in [-0.4, -0.2) is 30.1 Å². The molecule has 0 amide bonds. The summed E-state index contributed by atoms with van der Waals surface area (Å²) in [5, 5.41) is 17.4. The van der Waals surface area contributed by atoms with Gasteiger partial charge in [-0.25, -0.2) is 0 Å². The van der Waals surface area contributed by atoms with Crippen LogP contribution in [0.4, 0.5) is 5.69 Å². The summed E-state index contributed by atoms with van der Waals surface area (Å²) in [7, 11) is 0. The number of nitrogens with two attached hydrogens (primary N) is 1. The number of nitrogens with one attached hydrogen (secondary N) is 1. The molecule has 1 saturated heterocycles. The van der Waals surface area contributed by atoms with Crippen molar-refractivity contribution in [3.05, 3.63) is 29.3 Å². The zero-order valence-electron chi connectivity index (χ0n) is 11.7. The lowest BCUT2D eigenvalue weighted by Crippen LogP contribution is -2.38. The van der Waals surface area contributed by atoms with Gasteiger partial charge in [0.25, 0.3) is 0 Å². The molecular formula is C15H23N3O. The van der Waals surface area contributed by atoms with Gasteiger partial charge in [0.05, 0.1) is 6.10 Å². The Kier molecular flexibility index (Phi) is 4.10. The first kappa shape index (κ1) is 13.9. The van der Waals surface area contributed by atoms with Gasteiger partial charge in [0, 0.05) is 24.3 Å². The van der Waals surface area contributed by atoms with E-state index in [4.69, 9.17) is 11.1 Å². The van der Waals surface area contributed by atoms with Gasteiger partial charge in [0.15, 0.2) is 0 Å². The molecule has 1 aliphatic heterocycles. The smallest absolute Gasteiger partial charge is 0.124 e. The second kappa shape index (κ2) is 5.61. The van der Waals surface area contributed by atoms with E-state index in [9.17, 15) is 5.11 Å². The zero-order chi connectivity index (χ0) is 14.0. The molecule has 4 N–H and O–H groups in total. The lowest BCUT2D eigenvalue weighted by Gasteiger charge is -2.35. The number of nitrogen functional groups attached to an aromatic ring is 1. The predicted octanol–water partition coefficient (Wildman–Crippen LogP) is 1.88. The summed E-state index contributed by atoms with van der Waals surface area (Å²) in [6.07, 6.45) is 1.75. The van der Waals surface area contributed by atoms with E-state index in [1.54, 1.807) is 0 Å². The number of rotatable bonds is 3. The summed E-state index contributed by atoms with van der Waals surface area (Å²) < 4.78 is 0. The fraction of sp³-hybridized carbons (Fsp3) is 0.533. The van der Waals surface area contributed by atoms with Crippen LogP contribution in [0, 0.1) is 18.3 Å². The Labute approximate surface area is 114 Å². The highest BCUT2D eigenvalue weighted by Crippen LogP contribution is 2.28. The monoisotopic (exact) mass is 261 g/mol. The Morgan fingerprint density at radius 2 is 2.05 bits per heavy atom. The lowest BCUT2D eigenvalue weighted by atomic mass is 9.91. The first-order valence-corrected chi connectivity index (χ1v) is 6.87. The van der Waals surface area contributed by atoms with E-state index < -0.39 is 0 Å². The third kappa shape index (κ3) is 3.07. The molecule has 4 heteroatoms. The second-order valence-corrected chi connectivity index (χ2v) is 5.50. The highest BCUT2D eigenvalue weighted by Gasteiger charge is 2.24. The Hall–Kier alpha value is -1.55. The molecule has 19 heavy (non-hydrogen) atoms. The van der Waals surface area contributed by atoms with E-state index in [0.29, 0.717) is 5.92 Å². The zero-order valence-corrected chi connectivity index (χ0v) is 11.7. The van der Waals surface area contributed by atoms with Crippen LogP contribution in [0.5, 0.6) is 0 Å². The Balaban J connectivity index is 2.17. The van der Waals surface area contributed by atoms with Crippen LogP contribution < -0.4 is 10.6 Å². The summed E-state index contributed by atoms with van der Waals surface area (Å²) in [6, 6.07) is 6.08. The van der Waals surface area contributed by atoms with E-state index >= 15 is 0 Å². The molecule has 1 heterocycles. The molecule has 4 nitrogen and oxygen atoms in total. The molecule has 1 unspecified atom stereocenters. The number of nitrogens with zero attached hydrogens (tertiary/aromatic N) is 1. The van der Waals surface area contributed by atoms with Gasteiger partial charge in [0.2, 0.25) is 0 Å². The van der Waals surface area contributed by atoms with Crippen molar-refractivity contribution in [2.45, 2.75) is 32.8 Å². The molecule has 1 aromatic carbocycles. The van der Waals surface area contributed by atoms with E-state index in [1.165, 1.54) is 0 Å². The second-order valence-electron chi connectivity index (χ2n) is 5.50. The van der Waals surface area contributed by atoms with Gasteiger partial charge in [-0.15, -0.1) is 0 Å².